The molecule has 1 aliphatic heterocycles. The first-order chi connectivity index (χ1) is 14.3. The van der Waals surface area contributed by atoms with Crippen molar-refractivity contribution >= 4 is 29.1 Å². The maximum atomic E-state index is 11.3. The maximum Gasteiger partial charge on any atom is 0.321 e. The third-order valence-corrected chi connectivity index (χ3v) is 5.49. The van der Waals surface area contributed by atoms with Crippen molar-refractivity contribution in [3.8, 4) is 17.2 Å². The van der Waals surface area contributed by atoms with Crippen LogP contribution in [0.15, 0.2) is 36.4 Å². The second-order valence-electron chi connectivity index (χ2n) is 6.18. The lowest BCUT2D eigenvalue weighted by atomic mass is 10.2. The van der Waals surface area contributed by atoms with Crippen molar-refractivity contribution in [2.75, 3.05) is 12.4 Å². The van der Waals surface area contributed by atoms with E-state index in [9.17, 15) is 25.0 Å². The van der Waals surface area contributed by atoms with E-state index in [4.69, 9.17) is 14.6 Å². The minimum atomic E-state index is -0.930. The van der Waals surface area contributed by atoms with Gasteiger partial charge < -0.3 is 14.6 Å². The molecule has 1 aliphatic rings. The molecule has 12 heteroatoms. The van der Waals surface area contributed by atoms with Crippen molar-refractivity contribution in [1.82, 2.24) is 5.32 Å². The number of carbonyl (C=O) groups is 1. The number of thioether (sulfide) groups is 1. The van der Waals surface area contributed by atoms with Crippen LogP contribution >= 0.6 is 11.8 Å². The fourth-order valence-corrected chi connectivity index (χ4v) is 4.04. The van der Waals surface area contributed by atoms with Crippen molar-refractivity contribution in [2.24, 2.45) is 0 Å². The number of non-ortho nitro benzene ring substituents is 1. The van der Waals surface area contributed by atoms with Crippen molar-refractivity contribution < 1.29 is 29.2 Å². The molecule has 11 nitrogen and oxygen atoms in total. The predicted octanol–water partition coefficient (Wildman–Crippen LogP) is 3.48. The van der Waals surface area contributed by atoms with Gasteiger partial charge >= 0.3 is 11.7 Å². The lowest BCUT2D eigenvalue weighted by molar-refractivity contribution is -0.394. The Morgan fingerprint density at radius 2 is 1.90 bits per heavy atom. The highest BCUT2D eigenvalue weighted by Crippen LogP contribution is 2.41. The number of nitrogens with one attached hydrogen (secondary N) is 1. The molecule has 2 atom stereocenters. The predicted molar refractivity (Wildman–Crippen MR) is 107 cm³/mol. The Bertz CT molecular complexity index is 999. The molecule has 1 fully saturated rings. The zero-order valence-electron chi connectivity index (χ0n) is 15.6. The maximum absolute atomic E-state index is 11.3. The summed E-state index contributed by atoms with van der Waals surface area (Å²) in [7, 11) is 0. The Kier molecular flexibility index (Phi) is 6.37. The molecule has 0 amide bonds. The van der Waals surface area contributed by atoms with Crippen molar-refractivity contribution in [3.63, 3.8) is 0 Å². The summed E-state index contributed by atoms with van der Waals surface area (Å²) in [6, 6.07) is 7.37. The molecular formula is C18H17N3O8S. The van der Waals surface area contributed by atoms with E-state index in [1.54, 1.807) is 25.1 Å². The summed E-state index contributed by atoms with van der Waals surface area (Å²) in [5.41, 5.74) is -0.211. The number of rotatable bonds is 8. The van der Waals surface area contributed by atoms with Crippen LogP contribution in [0, 0.1) is 20.2 Å². The van der Waals surface area contributed by atoms with Gasteiger partial charge in [-0.2, -0.15) is 0 Å². The molecule has 1 heterocycles. The number of ether oxygens (including phenoxy) is 2. The lowest BCUT2D eigenvalue weighted by Crippen LogP contribution is -2.33. The molecule has 2 N–H and O–H groups in total. The number of nitro groups is 2. The van der Waals surface area contributed by atoms with Crippen molar-refractivity contribution in [3.05, 3.63) is 62.2 Å². The van der Waals surface area contributed by atoms with Gasteiger partial charge in [-0.25, -0.2) is 0 Å². The molecule has 30 heavy (non-hydrogen) atoms. The highest BCUT2D eigenvalue weighted by Gasteiger charge is 2.31. The largest absolute Gasteiger partial charge is 0.490 e. The fourth-order valence-electron chi connectivity index (χ4n) is 2.81. The molecule has 0 unspecified atom stereocenters. The summed E-state index contributed by atoms with van der Waals surface area (Å²) in [6.07, 6.45) is 0. The summed E-state index contributed by atoms with van der Waals surface area (Å²) >= 11 is 1.44. The van der Waals surface area contributed by atoms with E-state index in [-0.39, 0.29) is 16.9 Å². The lowest BCUT2D eigenvalue weighted by Gasteiger charge is -2.16. The zero-order valence-corrected chi connectivity index (χ0v) is 16.5. The highest BCUT2D eigenvalue weighted by atomic mass is 32.2. The molecule has 0 radical (unpaired) electrons. The van der Waals surface area contributed by atoms with Gasteiger partial charge in [0.05, 0.1) is 27.9 Å². The van der Waals surface area contributed by atoms with Gasteiger partial charge in [0, 0.05) is 11.8 Å². The van der Waals surface area contributed by atoms with Crippen LogP contribution in [0.3, 0.4) is 0 Å². The standard InChI is InChI=1S/C18H17N3O8S/c1-2-28-16-7-10(17-19-12(9-30-17)18(22)23)3-5-15(16)29-14-6-4-11(20(24)25)8-13(14)21(26)27/h3-8,12,17,19H,2,9H2,1H3,(H,22,23)/t12-,17-/m0/s1. The number of hydrogen-bond acceptors (Lipinski definition) is 9. The SMILES string of the molecule is CCOc1cc([C@H]2N[C@H](C(=O)O)CS2)ccc1Oc1ccc([N+](=O)[O-])cc1[N+](=O)[O-]. The van der Waals surface area contributed by atoms with E-state index in [1.807, 2.05) is 0 Å². The van der Waals surface area contributed by atoms with Gasteiger partial charge in [-0.15, -0.1) is 11.8 Å². The summed E-state index contributed by atoms with van der Waals surface area (Å²) in [6.45, 7) is 2.05. The van der Waals surface area contributed by atoms with E-state index in [0.717, 1.165) is 23.8 Å². The number of carboxylic acid groups (broad SMARTS) is 1. The molecular weight excluding hydrogens is 418 g/mol. The minimum Gasteiger partial charge on any atom is -0.490 e. The third-order valence-electron chi connectivity index (χ3n) is 4.22. The molecule has 0 aromatic heterocycles. The van der Waals surface area contributed by atoms with E-state index in [1.165, 1.54) is 11.8 Å². The van der Waals surface area contributed by atoms with Gasteiger partial charge in [0.15, 0.2) is 11.5 Å². The quantitative estimate of drug-likeness (QED) is 0.465. The molecule has 0 bridgehead atoms. The van der Waals surface area contributed by atoms with Crippen LogP contribution in [0.1, 0.15) is 17.9 Å². The summed E-state index contributed by atoms with van der Waals surface area (Å²) in [5, 5.41) is 34.1. The third kappa shape index (κ3) is 4.60. The van der Waals surface area contributed by atoms with Crippen LogP contribution in [0.5, 0.6) is 17.2 Å². The summed E-state index contributed by atoms with van der Waals surface area (Å²) in [5.74, 6) is -0.185. The molecule has 158 valence electrons. The average Bonchev–Trinajstić information content (AvgIpc) is 3.20. The van der Waals surface area contributed by atoms with Crippen LogP contribution < -0.4 is 14.8 Å². The molecule has 2 aromatic rings. The Morgan fingerprint density at radius 1 is 1.17 bits per heavy atom. The summed E-state index contributed by atoms with van der Waals surface area (Å²) < 4.78 is 11.2. The van der Waals surface area contributed by atoms with Crippen LogP contribution in [0.2, 0.25) is 0 Å². The number of nitro benzene ring substituents is 2. The number of nitrogens with zero attached hydrogens (tertiary/aromatic N) is 2. The number of hydrogen-bond donors (Lipinski definition) is 2. The van der Waals surface area contributed by atoms with Gasteiger partial charge in [0.2, 0.25) is 5.75 Å². The first kappa shape index (κ1) is 21.3. The van der Waals surface area contributed by atoms with Crippen LogP contribution in [0.25, 0.3) is 0 Å². The molecule has 0 spiro atoms. The van der Waals surface area contributed by atoms with Gasteiger partial charge in [-0.3, -0.25) is 30.3 Å². The molecule has 0 saturated carbocycles. The van der Waals surface area contributed by atoms with E-state index in [2.05, 4.69) is 5.32 Å². The Balaban J connectivity index is 1.90. The normalized spacial score (nSPS) is 18.0. The van der Waals surface area contributed by atoms with E-state index in [0.29, 0.717) is 18.1 Å². The van der Waals surface area contributed by atoms with Gasteiger partial charge in [0.1, 0.15) is 6.04 Å². The van der Waals surface area contributed by atoms with Gasteiger partial charge in [-0.1, -0.05) is 6.07 Å². The average molecular weight is 435 g/mol. The van der Waals surface area contributed by atoms with E-state index < -0.39 is 33.2 Å². The van der Waals surface area contributed by atoms with Crippen molar-refractivity contribution in [1.29, 1.82) is 0 Å². The number of benzene rings is 2. The molecule has 1 saturated heterocycles. The minimum absolute atomic E-state index is 0.168. The number of carboxylic acids is 1. The molecule has 3 rings (SSSR count). The highest BCUT2D eigenvalue weighted by molar-refractivity contribution is 7.99. The first-order valence-corrected chi connectivity index (χ1v) is 9.83. The molecule has 2 aromatic carbocycles. The fraction of sp³-hybridized carbons (Fsp3) is 0.278. The first-order valence-electron chi connectivity index (χ1n) is 8.78. The number of aliphatic carboxylic acids is 1. The monoisotopic (exact) mass is 435 g/mol. The Morgan fingerprint density at radius 3 is 2.50 bits per heavy atom. The second-order valence-corrected chi connectivity index (χ2v) is 7.32. The van der Waals surface area contributed by atoms with Crippen LogP contribution in [-0.4, -0.2) is 39.3 Å². The molecule has 0 aliphatic carbocycles. The Labute approximate surface area is 174 Å². The van der Waals surface area contributed by atoms with E-state index >= 15 is 0 Å². The van der Waals surface area contributed by atoms with Gasteiger partial charge in [0.25, 0.3) is 5.69 Å². The van der Waals surface area contributed by atoms with Crippen LogP contribution in [-0.2, 0) is 4.79 Å². The smallest absolute Gasteiger partial charge is 0.321 e. The second kappa shape index (κ2) is 8.97. The topological polar surface area (TPSA) is 154 Å². The zero-order chi connectivity index (χ0) is 21.8. The Hall–Kier alpha value is -3.38. The van der Waals surface area contributed by atoms with Gasteiger partial charge in [-0.05, 0) is 30.7 Å². The van der Waals surface area contributed by atoms with Crippen molar-refractivity contribution in [2.45, 2.75) is 18.3 Å². The van der Waals surface area contributed by atoms with Crippen LogP contribution in [0.4, 0.5) is 11.4 Å². The summed E-state index contributed by atoms with van der Waals surface area (Å²) in [4.78, 5) is 31.9.